The molecule has 0 radical (unpaired) electrons. The lowest BCUT2D eigenvalue weighted by Gasteiger charge is -2.36. The van der Waals surface area contributed by atoms with Gasteiger partial charge in [-0.1, -0.05) is 11.6 Å². The summed E-state index contributed by atoms with van der Waals surface area (Å²) in [5.41, 5.74) is 6.77. The molecule has 4 N–H and O–H groups in total. The Bertz CT molecular complexity index is 1020. The van der Waals surface area contributed by atoms with Crippen LogP contribution in [0.2, 0.25) is 4.34 Å². The first-order valence-electron chi connectivity index (χ1n) is 8.64. The molecule has 2 atom stereocenters. The lowest BCUT2D eigenvalue weighted by Crippen LogP contribution is -2.55. The maximum absolute atomic E-state index is 13.9. The zero-order valence-corrected chi connectivity index (χ0v) is 16.1. The third-order valence-corrected chi connectivity index (χ3v) is 5.93. The maximum atomic E-state index is 13.9. The molecule has 0 aliphatic heterocycles. The van der Waals surface area contributed by atoms with E-state index >= 15 is 0 Å². The number of nitrogens with one attached hydrogen (secondary N) is 2. The molecular weight excluding hydrogens is 410 g/mol. The van der Waals surface area contributed by atoms with Crippen LogP contribution in [-0.2, 0) is 0 Å². The van der Waals surface area contributed by atoms with Gasteiger partial charge in [0.15, 0.2) is 5.65 Å². The van der Waals surface area contributed by atoms with E-state index in [9.17, 15) is 13.6 Å². The van der Waals surface area contributed by atoms with Gasteiger partial charge in [-0.25, -0.2) is 18.3 Å². The smallest absolute Gasteiger partial charge is 0.264 e. The van der Waals surface area contributed by atoms with Crippen LogP contribution in [0, 0.1) is 0 Å². The highest BCUT2D eigenvalue weighted by molar-refractivity contribution is 7.15. The van der Waals surface area contributed by atoms with Gasteiger partial charge in [0.1, 0.15) is 15.7 Å². The Hall–Kier alpha value is -2.30. The topological polar surface area (TPSA) is 97.3 Å². The summed E-state index contributed by atoms with van der Waals surface area (Å²) in [7, 11) is 0. The van der Waals surface area contributed by atoms with Crippen LogP contribution in [0.1, 0.15) is 29.6 Å². The summed E-state index contributed by atoms with van der Waals surface area (Å²) >= 11 is 7.32. The average Bonchev–Trinajstić information content (AvgIpc) is 3.25. The summed E-state index contributed by atoms with van der Waals surface area (Å²) in [5, 5.41) is 11.6. The van der Waals surface area contributed by atoms with E-state index in [4.69, 9.17) is 17.3 Å². The second kappa shape index (κ2) is 7.26. The predicted octanol–water partition coefficient (Wildman–Crippen LogP) is 3.62. The molecule has 1 saturated carbocycles. The normalized spacial score (nSPS) is 21.6. The van der Waals surface area contributed by atoms with E-state index in [2.05, 4.69) is 20.7 Å². The van der Waals surface area contributed by atoms with E-state index in [1.165, 1.54) is 22.0 Å². The van der Waals surface area contributed by atoms with Crippen molar-refractivity contribution in [1.82, 2.24) is 14.6 Å². The van der Waals surface area contributed by atoms with E-state index in [1.807, 2.05) is 0 Å². The highest BCUT2D eigenvalue weighted by atomic mass is 35.5. The molecule has 0 aromatic carbocycles. The van der Waals surface area contributed by atoms with E-state index in [1.54, 1.807) is 23.7 Å². The number of rotatable bonds is 4. The largest absolute Gasteiger partial charge is 0.365 e. The van der Waals surface area contributed by atoms with Gasteiger partial charge in [0.2, 0.25) is 0 Å². The Labute approximate surface area is 167 Å². The fourth-order valence-electron chi connectivity index (χ4n) is 3.23. The van der Waals surface area contributed by atoms with Crippen molar-refractivity contribution in [1.29, 1.82) is 0 Å². The second-order valence-electron chi connectivity index (χ2n) is 6.63. The average molecular weight is 427 g/mol. The minimum Gasteiger partial charge on any atom is -0.365 e. The van der Waals surface area contributed by atoms with E-state index in [0.29, 0.717) is 34.3 Å². The van der Waals surface area contributed by atoms with Gasteiger partial charge in [0.25, 0.3) is 11.8 Å². The van der Waals surface area contributed by atoms with Crippen LogP contribution in [0.3, 0.4) is 0 Å². The number of carbonyl (C=O) groups is 1. The van der Waals surface area contributed by atoms with Crippen molar-refractivity contribution in [3.05, 3.63) is 39.8 Å². The Morgan fingerprint density at radius 2 is 2.25 bits per heavy atom. The molecule has 1 amide bonds. The molecule has 0 spiro atoms. The molecular formula is C17H17ClF2N6OS. The van der Waals surface area contributed by atoms with Crippen LogP contribution in [0.4, 0.5) is 20.3 Å². The summed E-state index contributed by atoms with van der Waals surface area (Å²) in [5.74, 6) is -2.98. The third-order valence-electron chi connectivity index (χ3n) is 4.76. The molecule has 0 saturated heterocycles. The van der Waals surface area contributed by atoms with Crippen LogP contribution in [0.25, 0.3) is 5.65 Å². The van der Waals surface area contributed by atoms with Crippen LogP contribution >= 0.6 is 22.9 Å². The minimum atomic E-state index is -2.92. The van der Waals surface area contributed by atoms with Gasteiger partial charge in [0, 0.05) is 18.7 Å². The number of amides is 1. The molecule has 3 heterocycles. The van der Waals surface area contributed by atoms with Gasteiger partial charge in [-0.2, -0.15) is 5.10 Å². The Kier molecular flexibility index (Phi) is 4.94. The quantitative estimate of drug-likeness (QED) is 0.592. The monoisotopic (exact) mass is 426 g/mol. The zero-order chi connectivity index (χ0) is 19.9. The van der Waals surface area contributed by atoms with Crippen molar-refractivity contribution in [3.63, 3.8) is 0 Å². The van der Waals surface area contributed by atoms with E-state index in [0.717, 1.165) is 0 Å². The van der Waals surface area contributed by atoms with Crippen molar-refractivity contribution >= 4 is 46.0 Å². The Morgan fingerprint density at radius 3 is 3.00 bits per heavy atom. The van der Waals surface area contributed by atoms with Gasteiger partial charge < -0.3 is 16.4 Å². The molecule has 1 aliphatic carbocycles. The van der Waals surface area contributed by atoms with Crippen molar-refractivity contribution in [2.45, 2.75) is 37.3 Å². The number of carbonyl (C=O) groups excluding carboxylic acids is 1. The Morgan fingerprint density at radius 1 is 1.43 bits per heavy atom. The standard InChI is InChI=1S/C17H17ClF2N6OS/c18-14-11(4-7-28-14)24-16(27)9-8-22-26-6-3-12(25-15(9)26)23-10-2-1-5-17(19,20)13(10)21/h3-4,6-8,10,13H,1-2,5,21H2,(H,23,25)(H,24,27)/t10-,13-/m1/s1. The van der Waals surface area contributed by atoms with E-state index < -0.39 is 23.9 Å². The summed E-state index contributed by atoms with van der Waals surface area (Å²) in [6.45, 7) is 0. The van der Waals surface area contributed by atoms with Gasteiger partial charge in [-0.15, -0.1) is 11.3 Å². The minimum absolute atomic E-state index is 0.211. The number of nitrogens with two attached hydrogens (primary N) is 1. The highest BCUT2D eigenvalue weighted by Crippen LogP contribution is 2.33. The zero-order valence-electron chi connectivity index (χ0n) is 14.5. The molecule has 3 aromatic rings. The fourth-order valence-corrected chi connectivity index (χ4v) is 4.07. The van der Waals surface area contributed by atoms with Crippen molar-refractivity contribution < 1.29 is 13.6 Å². The van der Waals surface area contributed by atoms with Crippen molar-refractivity contribution in [2.24, 2.45) is 5.73 Å². The van der Waals surface area contributed by atoms with E-state index in [-0.39, 0.29) is 12.0 Å². The molecule has 1 fully saturated rings. The lowest BCUT2D eigenvalue weighted by atomic mass is 9.87. The summed E-state index contributed by atoms with van der Waals surface area (Å²) in [6, 6.07) is 1.40. The second-order valence-corrected chi connectivity index (χ2v) is 8.15. The molecule has 0 bridgehead atoms. The maximum Gasteiger partial charge on any atom is 0.264 e. The van der Waals surface area contributed by atoms with Crippen LogP contribution in [-0.4, -0.2) is 38.5 Å². The first-order valence-corrected chi connectivity index (χ1v) is 9.89. The summed E-state index contributed by atoms with van der Waals surface area (Å²) in [4.78, 5) is 17.0. The SMILES string of the molecule is N[C@@H]1[C@H](Nc2ccn3ncc(C(=O)Nc4ccsc4Cl)c3n2)CCCC1(F)F. The third kappa shape index (κ3) is 3.54. The van der Waals surface area contributed by atoms with Crippen molar-refractivity contribution in [2.75, 3.05) is 10.6 Å². The summed E-state index contributed by atoms with van der Waals surface area (Å²) in [6.07, 6.45) is 3.68. The number of fused-ring (bicyclic) bond motifs is 1. The highest BCUT2D eigenvalue weighted by Gasteiger charge is 2.44. The first kappa shape index (κ1) is 19.0. The number of hydrogen-bond acceptors (Lipinski definition) is 6. The van der Waals surface area contributed by atoms with Crippen LogP contribution < -0.4 is 16.4 Å². The number of halogens is 3. The molecule has 4 rings (SSSR count). The fraction of sp³-hybridized carbons (Fsp3) is 0.353. The number of alkyl halides is 2. The molecule has 1 aliphatic rings. The molecule has 11 heteroatoms. The number of anilines is 2. The van der Waals surface area contributed by atoms with Crippen molar-refractivity contribution in [3.8, 4) is 0 Å². The molecule has 148 valence electrons. The van der Waals surface area contributed by atoms with Gasteiger partial charge in [0.05, 0.1) is 17.9 Å². The Balaban J connectivity index is 1.58. The van der Waals surface area contributed by atoms with Gasteiger partial charge in [-0.3, -0.25) is 4.79 Å². The van der Waals surface area contributed by atoms with Crippen LogP contribution in [0.15, 0.2) is 29.9 Å². The van der Waals surface area contributed by atoms with Gasteiger partial charge >= 0.3 is 0 Å². The molecule has 28 heavy (non-hydrogen) atoms. The molecule has 7 nitrogen and oxygen atoms in total. The lowest BCUT2D eigenvalue weighted by molar-refractivity contribution is -0.0554. The molecule has 3 aromatic heterocycles. The predicted molar refractivity (Wildman–Crippen MR) is 104 cm³/mol. The number of hydrogen-bond donors (Lipinski definition) is 3. The number of nitrogens with zero attached hydrogens (tertiary/aromatic N) is 3. The summed E-state index contributed by atoms with van der Waals surface area (Å²) < 4.78 is 29.6. The first-order chi connectivity index (χ1) is 13.3. The number of aromatic nitrogens is 3. The van der Waals surface area contributed by atoms with Crippen LogP contribution in [0.5, 0.6) is 0 Å². The van der Waals surface area contributed by atoms with Gasteiger partial charge in [-0.05, 0) is 30.4 Å². The number of thiophene rings is 1. The molecule has 0 unspecified atom stereocenters.